The van der Waals surface area contributed by atoms with E-state index >= 15 is 0 Å². The highest BCUT2D eigenvalue weighted by Gasteiger charge is 2.15. The Hall–Kier alpha value is -3.08. The van der Waals surface area contributed by atoms with Gasteiger partial charge in [0.1, 0.15) is 12.2 Å². The van der Waals surface area contributed by atoms with Crippen LogP contribution in [0.25, 0.3) is 11.0 Å². The van der Waals surface area contributed by atoms with Crippen LogP contribution >= 0.6 is 0 Å². The van der Waals surface area contributed by atoms with E-state index in [9.17, 15) is 9.59 Å². The Morgan fingerprint density at radius 2 is 1.78 bits per heavy atom. The molecule has 0 radical (unpaired) electrons. The predicted octanol–water partition coefficient (Wildman–Crippen LogP) is 3.58. The first-order valence-corrected chi connectivity index (χ1v) is 7.00. The number of methoxy groups -OCH3 is 1. The van der Waals surface area contributed by atoms with Gasteiger partial charge in [-0.1, -0.05) is 30.3 Å². The molecule has 5 heteroatoms. The Kier molecular flexibility index (Phi) is 4.10. The molecule has 1 aromatic heterocycles. The lowest BCUT2D eigenvalue weighted by molar-refractivity contribution is 0.0438. The fraction of sp³-hybridized carbons (Fsp3) is 0.111. The normalized spacial score (nSPS) is 10.5. The van der Waals surface area contributed by atoms with Crippen molar-refractivity contribution in [3.05, 3.63) is 71.5 Å². The van der Waals surface area contributed by atoms with Crippen molar-refractivity contribution in [1.29, 1.82) is 0 Å². The first kappa shape index (κ1) is 14.8. The zero-order valence-electron chi connectivity index (χ0n) is 12.4. The number of rotatable bonds is 4. The van der Waals surface area contributed by atoms with E-state index in [2.05, 4.69) is 4.74 Å². The summed E-state index contributed by atoms with van der Waals surface area (Å²) in [6, 6.07) is 15.7. The topological polar surface area (TPSA) is 65.7 Å². The van der Waals surface area contributed by atoms with Gasteiger partial charge in [-0.2, -0.15) is 0 Å². The van der Waals surface area contributed by atoms with E-state index in [0.717, 1.165) is 5.56 Å². The van der Waals surface area contributed by atoms with Crippen LogP contribution in [0, 0.1) is 0 Å². The number of furan rings is 1. The number of fused-ring (bicyclic) bond motifs is 1. The molecule has 0 saturated carbocycles. The molecule has 0 atom stereocenters. The van der Waals surface area contributed by atoms with E-state index in [-0.39, 0.29) is 12.4 Å². The average Bonchev–Trinajstić information content (AvgIpc) is 3.03. The van der Waals surface area contributed by atoms with Gasteiger partial charge in [-0.25, -0.2) is 9.59 Å². The van der Waals surface area contributed by atoms with Gasteiger partial charge in [-0.05, 0) is 29.8 Å². The van der Waals surface area contributed by atoms with Crippen LogP contribution in [0.3, 0.4) is 0 Å². The lowest BCUT2D eigenvalue weighted by Gasteiger charge is -2.02. The van der Waals surface area contributed by atoms with Crippen molar-refractivity contribution < 1.29 is 23.5 Å². The maximum absolute atomic E-state index is 12.1. The van der Waals surface area contributed by atoms with Gasteiger partial charge in [-0.15, -0.1) is 0 Å². The number of ether oxygens (including phenoxy) is 2. The smallest absolute Gasteiger partial charge is 0.374 e. The molecule has 5 nitrogen and oxygen atoms in total. The van der Waals surface area contributed by atoms with E-state index in [1.54, 1.807) is 24.3 Å². The van der Waals surface area contributed by atoms with E-state index in [1.807, 2.05) is 30.3 Å². The maximum atomic E-state index is 12.1. The Labute approximate surface area is 132 Å². The quantitative estimate of drug-likeness (QED) is 0.689. The highest BCUT2D eigenvalue weighted by atomic mass is 16.5. The molecule has 0 bridgehead atoms. The van der Waals surface area contributed by atoms with Crippen LogP contribution < -0.4 is 0 Å². The fourth-order valence-electron chi connectivity index (χ4n) is 2.18. The summed E-state index contributed by atoms with van der Waals surface area (Å²) in [7, 11) is 1.31. The molecule has 0 fully saturated rings. The monoisotopic (exact) mass is 310 g/mol. The van der Waals surface area contributed by atoms with Crippen LogP contribution in [0.4, 0.5) is 0 Å². The van der Waals surface area contributed by atoms with Crippen molar-refractivity contribution >= 4 is 22.9 Å². The van der Waals surface area contributed by atoms with E-state index < -0.39 is 11.9 Å². The van der Waals surface area contributed by atoms with Crippen LogP contribution in [0.2, 0.25) is 0 Å². The van der Waals surface area contributed by atoms with Crippen molar-refractivity contribution in [1.82, 2.24) is 0 Å². The zero-order chi connectivity index (χ0) is 16.2. The third kappa shape index (κ3) is 3.23. The lowest BCUT2D eigenvalue weighted by atomic mass is 10.1. The summed E-state index contributed by atoms with van der Waals surface area (Å²) >= 11 is 0. The van der Waals surface area contributed by atoms with Gasteiger partial charge in [0.05, 0.1) is 12.7 Å². The molecule has 0 N–H and O–H groups in total. The Bertz CT molecular complexity index is 848. The minimum atomic E-state index is -0.551. The summed E-state index contributed by atoms with van der Waals surface area (Å²) in [5, 5.41) is 0.638. The molecule has 23 heavy (non-hydrogen) atoms. The highest BCUT2D eigenvalue weighted by molar-refractivity contribution is 5.97. The van der Waals surface area contributed by atoms with E-state index in [1.165, 1.54) is 7.11 Å². The van der Waals surface area contributed by atoms with Crippen molar-refractivity contribution in [2.24, 2.45) is 0 Å². The predicted molar refractivity (Wildman–Crippen MR) is 83.1 cm³/mol. The minimum Gasteiger partial charge on any atom is -0.465 e. The Balaban J connectivity index is 1.77. The van der Waals surface area contributed by atoms with Crippen LogP contribution in [0.15, 0.2) is 59.0 Å². The lowest BCUT2D eigenvalue weighted by Crippen LogP contribution is -2.03. The molecule has 1 heterocycles. The molecule has 0 unspecified atom stereocenters. The minimum absolute atomic E-state index is 0.0953. The fourth-order valence-corrected chi connectivity index (χ4v) is 2.18. The van der Waals surface area contributed by atoms with Gasteiger partial charge in [0, 0.05) is 5.39 Å². The summed E-state index contributed by atoms with van der Waals surface area (Å²) in [4.78, 5) is 23.6. The van der Waals surface area contributed by atoms with Gasteiger partial charge in [0.25, 0.3) is 0 Å². The summed E-state index contributed by atoms with van der Waals surface area (Å²) in [6.07, 6.45) is 0. The molecule has 0 spiro atoms. The summed E-state index contributed by atoms with van der Waals surface area (Å²) in [5.74, 6) is -0.899. The van der Waals surface area contributed by atoms with Crippen LogP contribution in [0.5, 0.6) is 0 Å². The summed E-state index contributed by atoms with van der Waals surface area (Å²) in [5.41, 5.74) is 1.79. The molecule has 3 rings (SSSR count). The number of carbonyl (C=O) groups is 2. The third-order valence-corrected chi connectivity index (χ3v) is 3.35. The summed E-state index contributed by atoms with van der Waals surface area (Å²) < 4.78 is 15.3. The van der Waals surface area contributed by atoms with Crippen molar-refractivity contribution in [2.45, 2.75) is 6.61 Å². The SMILES string of the molecule is COC(=O)c1ccc2oc(C(=O)OCc3ccccc3)cc2c1. The molecule has 0 amide bonds. The van der Waals surface area contributed by atoms with Gasteiger partial charge in [0.15, 0.2) is 0 Å². The number of carbonyl (C=O) groups excluding carboxylic acids is 2. The number of hydrogen-bond donors (Lipinski definition) is 0. The maximum Gasteiger partial charge on any atom is 0.374 e. The second-order valence-corrected chi connectivity index (χ2v) is 4.92. The van der Waals surface area contributed by atoms with Gasteiger partial charge >= 0.3 is 11.9 Å². The van der Waals surface area contributed by atoms with Crippen molar-refractivity contribution in [3.63, 3.8) is 0 Å². The molecule has 0 saturated heterocycles. The van der Waals surface area contributed by atoms with Crippen molar-refractivity contribution in [3.8, 4) is 0 Å². The highest BCUT2D eigenvalue weighted by Crippen LogP contribution is 2.22. The molecule has 0 aliphatic rings. The number of esters is 2. The molecule has 3 aromatic rings. The second-order valence-electron chi connectivity index (χ2n) is 4.92. The standard InChI is InChI=1S/C18H14O5/c1-21-17(19)13-7-8-15-14(9-13)10-16(23-15)18(20)22-11-12-5-3-2-4-6-12/h2-10H,11H2,1H3. The molecule has 0 aliphatic carbocycles. The van der Waals surface area contributed by atoms with Crippen LogP contribution in [0.1, 0.15) is 26.5 Å². The van der Waals surface area contributed by atoms with E-state index in [4.69, 9.17) is 9.15 Å². The zero-order valence-corrected chi connectivity index (χ0v) is 12.4. The first-order chi connectivity index (χ1) is 11.2. The Morgan fingerprint density at radius 3 is 2.52 bits per heavy atom. The second kappa shape index (κ2) is 6.36. The van der Waals surface area contributed by atoms with Crippen LogP contribution in [-0.4, -0.2) is 19.0 Å². The Morgan fingerprint density at radius 1 is 1.00 bits per heavy atom. The third-order valence-electron chi connectivity index (χ3n) is 3.35. The van der Waals surface area contributed by atoms with Gasteiger partial charge < -0.3 is 13.9 Å². The molecule has 0 aliphatic heterocycles. The molecular weight excluding hydrogens is 296 g/mol. The van der Waals surface area contributed by atoms with Gasteiger partial charge in [0.2, 0.25) is 5.76 Å². The molecule has 116 valence electrons. The first-order valence-electron chi connectivity index (χ1n) is 7.00. The largest absolute Gasteiger partial charge is 0.465 e. The van der Waals surface area contributed by atoms with Crippen LogP contribution in [-0.2, 0) is 16.1 Å². The van der Waals surface area contributed by atoms with Crippen molar-refractivity contribution in [2.75, 3.05) is 7.11 Å². The van der Waals surface area contributed by atoms with Gasteiger partial charge in [-0.3, -0.25) is 0 Å². The number of benzene rings is 2. The average molecular weight is 310 g/mol. The molecular formula is C18H14O5. The molecule has 2 aromatic carbocycles. The number of hydrogen-bond acceptors (Lipinski definition) is 5. The van der Waals surface area contributed by atoms with E-state index in [0.29, 0.717) is 16.5 Å². The summed E-state index contributed by atoms with van der Waals surface area (Å²) in [6.45, 7) is 0.171.